The first-order chi connectivity index (χ1) is 18.8. The number of aliphatic imine (C=N–C) groups is 1. The number of aromatic amines is 1. The van der Waals surface area contributed by atoms with Gasteiger partial charge in [-0.2, -0.15) is 0 Å². The summed E-state index contributed by atoms with van der Waals surface area (Å²) >= 11 is 0. The van der Waals surface area contributed by atoms with Crippen molar-refractivity contribution < 1.29 is 4.74 Å². The van der Waals surface area contributed by atoms with Crippen molar-refractivity contribution in [2.45, 2.75) is 31.8 Å². The molecule has 2 aliphatic heterocycles. The Bertz CT molecular complexity index is 1390. The second kappa shape index (κ2) is 11.4. The molecule has 1 N–H and O–H groups in total. The van der Waals surface area contributed by atoms with E-state index in [1.54, 1.807) is 12.7 Å². The Balaban J connectivity index is 1.13. The van der Waals surface area contributed by atoms with Crippen molar-refractivity contribution in [2.24, 2.45) is 4.99 Å². The van der Waals surface area contributed by atoms with Crippen molar-refractivity contribution in [1.29, 1.82) is 0 Å². The predicted molar refractivity (Wildman–Crippen MR) is 152 cm³/mol. The van der Waals surface area contributed by atoms with Gasteiger partial charge in [0.25, 0.3) is 0 Å². The van der Waals surface area contributed by atoms with Crippen molar-refractivity contribution in [3.63, 3.8) is 0 Å². The number of hydrogen-bond donors (Lipinski definition) is 1. The fraction of sp³-hybridized carbons (Fsp3) is 0.448. The number of hydrogen-bond acceptors (Lipinski definition) is 8. The van der Waals surface area contributed by atoms with Gasteiger partial charge < -0.3 is 24.5 Å². The highest BCUT2D eigenvalue weighted by Crippen LogP contribution is 2.32. The third kappa shape index (κ3) is 5.21. The SMILES string of the molecule is CN=CCCN1CCN(Cc2ccc(OC[C@H]3CCCN3c3ncnc4nc[nH]c34)c3ccccc23)CC1. The first-order valence-corrected chi connectivity index (χ1v) is 13.7. The number of nitrogens with zero attached hydrogens (tertiary/aromatic N) is 7. The lowest BCUT2D eigenvalue weighted by Gasteiger charge is -2.34. The smallest absolute Gasteiger partial charge is 0.182 e. The Morgan fingerprint density at radius 2 is 1.84 bits per heavy atom. The van der Waals surface area contributed by atoms with E-state index in [1.165, 1.54) is 16.3 Å². The summed E-state index contributed by atoms with van der Waals surface area (Å²) in [6.45, 7) is 8.07. The van der Waals surface area contributed by atoms with Crippen molar-refractivity contribution in [2.75, 3.05) is 57.8 Å². The molecule has 4 heterocycles. The Kier molecular flexibility index (Phi) is 7.46. The number of benzene rings is 2. The number of nitrogens with one attached hydrogen (secondary N) is 1. The average Bonchev–Trinajstić information content (AvgIpc) is 3.63. The molecule has 0 unspecified atom stereocenters. The molecule has 38 heavy (non-hydrogen) atoms. The van der Waals surface area contributed by atoms with Gasteiger partial charge in [0.1, 0.15) is 24.2 Å². The predicted octanol–water partition coefficient (Wildman–Crippen LogP) is 3.76. The monoisotopic (exact) mass is 512 g/mol. The zero-order valence-corrected chi connectivity index (χ0v) is 22.1. The highest BCUT2D eigenvalue weighted by atomic mass is 16.5. The summed E-state index contributed by atoms with van der Waals surface area (Å²) in [5.74, 6) is 1.87. The van der Waals surface area contributed by atoms with Crippen LogP contribution in [0, 0.1) is 0 Å². The minimum Gasteiger partial charge on any atom is -0.491 e. The largest absolute Gasteiger partial charge is 0.491 e. The molecule has 198 valence electrons. The fourth-order valence-corrected chi connectivity index (χ4v) is 5.82. The number of rotatable bonds is 9. The van der Waals surface area contributed by atoms with Gasteiger partial charge in [-0.1, -0.05) is 30.3 Å². The summed E-state index contributed by atoms with van der Waals surface area (Å²) in [5.41, 5.74) is 2.96. The van der Waals surface area contributed by atoms with Crippen LogP contribution in [0.4, 0.5) is 5.82 Å². The van der Waals surface area contributed by atoms with Gasteiger partial charge in [0.05, 0.1) is 12.4 Å². The first kappa shape index (κ1) is 24.8. The fourth-order valence-electron chi connectivity index (χ4n) is 5.82. The molecule has 0 saturated carbocycles. The van der Waals surface area contributed by atoms with Crippen LogP contribution in [0.25, 0.3) is 21.9 Å². The van der Waals surface area contributed by atoms with Gasteiger partial charge in [-0.25, -0.2) is 15.0 Å². The second-order valence-electron chi connectivity index (χ2n) is 10.2. The van der Waals surface area contributed by atoms with Crippen LogP contribution in [-0.4, -0.2) is 94.9 Å². The van der Waals surface area contributed by atoms with Gasteiger partial charge in [0.2, 0.25) is 0 Å². The normalized spacial score (nSPS) is 19.3. The summed E-state index contributed by atoms with van der Waals surface area (Å²) in [5, 5.41) is 2.47. The van der Waals surface area contributed by atoms with Gasteiger partial charge in [-0.15, -0.1) is 0 Å². The molecule has 0 aliphatic carbocycles. The van der Waals surface area contributed by atoms with Crippen molar-refractivity contribution >= 4 is 34.0 Å². The molecule has 0 radical (unpaired) electrons. The molecule has 1 atom stereocenters. The third-order valence-electron chi connectivity index (χ3n) is 7.87. The highest BCUT2D eigenvalue weighted by Gasteiger charge is 2.28. The molecular formula is C29H36N8O. The van der Waals surface area contributed by atoms with Crippen LogP contribution < -0.4 is 9.64 Å². The second-order valence-corrected chi connectivity index (χ2v) is 10.2. The number of piperazine rings is 1. The number of anilines is 1. The summed E-state index contributed by atoms with van der Waals surface area (Å²) in [6, 6.07) is 13.3. The minimum atomic E-state index is 0.259. The molecule has 2 aromatic carbocycles. The molecular weight excluding hydrogens is 476 g/mol. The molecule has 2 aromatic heterocycles. The molecule has 9 nitrogen and oxygen atoms in total. The van der Waals surface area contributed by atoms with Gasteiger partial charge in [0, 0.05) is 58.2 Å². The van der Waals surface area contributed by atoms with Gasteiger partial charge in [0.15, 0.2) is 11.5 Å². The van der Waals surface area contributed by atoms with Gasteiger partial charge in [-0.3, -0.25) is 4.90 Å². The number of H-pyrrole nitrogens is 1. The van der Waals surface area contributed by atoms with E-state index in [4.69, 9.17) is 4.74 Å². The third-order valence-corrected chi connectivity index (χ3v) is 7.87. The van der Waals surface area contributed by atoms with E-state index in [2.05, 4.69) is 76.0 Å². The average molecular weight is 513 g/mol. The zero-order valence-electron chi connectivity index (χ0n) is 22.1. The Morgan fingerprint density at radius 1 is 1.00 bits per heavy atom. The zero-order chi connectivity index (χ0) is 25.7. The molecule has 2 fully saturated rings. The van der Waals surface area contributed by atoms with E-state index in [1.807, 2.05) is 13.3 Å². The van der Waals surface area contributed by atoms with Crippen LogP contribution in [-0.2, 0) is 6.54 Å². The number of imidazole rings is 1. The van der Waals surface area contributed by atoms with Crippen molar-refractivity contribution in [1.82, 2.24) is 29.7 Å². The van der Waals surface area contributed by atoms with Crippen molar-refractivity contribution in [3.05, 3.63) is 54.6 Å². The molecule has 2 aliphatic rings. The lowest BCUT2D eigenvalue weighted by Crippen LogP contribution is -2.46. The summed E-state index contributed by atoms with van der Waals surface area (Å²) < 4.78 is 6.51. The maximum atomic E-state index is 6.51. The summed E-state index contributed by atoms with van der Waals surface area (Å²) in [7, 11) is 1.85. The molecule has 0 amide bonds. The molecule has 2 saturated heterocycles. The maximum Gasteiger partial charge on any atom is 0.182 e. The van der Waals surface area contributed by atoms with E-state index in [0.29, 0.717) is 12.3 Å². The number of aromatic nitrogens is 4. The highest BCUT2D eigenvalue weighted by molar-refractivity contribution is 5.91. The minimum absolute atomic E-state index is 0.259. The van der Waals surface area contributed by atoms with E-state index in [0.717, 1.165) is 82.2 Å². The van der Waals surface area contributed by atoms with E-state index < -0.39 is 0 Å². The van der Waals surface area contributed by atoms with E-state index in [-0.39, 0.29) is 6.04 Å². The van der Waals surface area contributed by atoms with Crippen LogP contribution in [0.2, 0.25) is 0 Å². The molecule has 6 rings (SSSR count). The summed E-state index contributed by atoms with van der Waals surface area (Å²) in [6.07, 6.45) is 8.52. The Hall–Kier alpha value is -3.56. The van der Waals surface area contributed by atoms with Crippen LogP contribution in [0.5, 0.6) is 5.75 Å². The maximum absolute atomic E-state index is 6.51. The summed E-state index contributed by atoms with van der Waals surface area (Å²) in [4.78, 5) is 27.9. The molecule has 4 aromatic rings. The van der Waals surface area contributed by atoms with Gasteiger partial charge in [-0.05, 0) is 42.5 Å². The van der Waals surface area contributed by atoms with E-state index in [9.17, 15) is 0 Å². The number of fused-ring (bicyclic) bond motifs is 2. The standard InChI is InChI=1S/C29H36N8O/c1-30-11-5-12-35-14-16-36(17-15-35)18-22-9-10-26(25-8-3-2-7-24(22)25)38-19-23-6-4-13-37(23)29-27-28(32-20-31-27)33-21-34-29/h2-3,7-11,20-21,23H,4-6,12-19H2,1H3,(H,31,32,33,34)/t23-/m1/s1. The lowest BCUT2D eigenvalue weighted by molar-refractivity contribution is 0.130. The van der Waals surface area contributed by atoms with Crippen LogP contribution in [0.1, 0.15) is 24.8 Å². The molecule has 9 heteroatoms. The first-order valence-electron chi connectivity index (χ1n) is 13.7. The van der Waals surface area contributed by atoms with E-state index >= 15 is 0 Å². The van der Waals surface area contributed by atoms with Crippen molar-refractivity contribution in [3.8, 4) is 5.75 Å². The Labute approximate surface area is 223 Å². The molecule has 0 bridgehead atoms. The van der Waals surface area contributed by atoms with Crippen LogP contribution in [0.3, 0.4) is 0 Å². The Morgan fingerprint density at radius 3 is 2.71 bits per heavy atom. The van der Waals surface area contributed by atoms with Crippen LogP contribution in [0.15, 0.2) is 54.0 Å². The lowest BCUT2D eigenvalue weighted by atomic mass is 10.0. The van der Waals surface area contributed by atoms with Gasteiger partial charge >= 0.3 is 0 Å². The number of ether oxygens (including phenoxy) is 1. The quantitative estimate of drug-likeness (QED) is 0.342. The molecule has 0 spiro atoms. The van der Waals surface area contributed by atoms with Crippen LogP contribution >= 0.6 is 0 Å². The topological polar surface area (TPSA) is 85.8 Å².